The van der Waals surface area contributed by atoms with Gasteiger partial charge >= 0.3 is 0 Å². The zero-order valence-corrected chi connectivity index (χ0v) is 13.9. The lowest BCUT2D eigenvalue weighted by Gasteiger charge is -2.48. The Balaban J connectivity index is 3.11. The fourth-order valence-corrected chi connectivity index (χ4v) is 3.51. The molecule has 1 unspecified atom stereocenters. The molecule has 0 radical (unpaired) electrons. The summed E-state index contributed by atoms with van der Waals surface area (Å²) in [7, 11) is 0. The van der Waals surface area contributed by atoms with Crippen LogP contribution in [0.2, 0.25) is 0 Å². The molecule has 0 amide bonds. The van der Waals surface area contributed by atoms with Gasteiger partial charge < -0.3 is 5.73 Å². The van der Waals surface area contributed by atoms with Crippen molar-refractivity contribution in [2.24, 2.45) is 5.84 Å². The smallest absolute Gasteiger partial charge is 0.126 e. The third-order valence-corrected chi connectivity index (χ3v) is 4.82. The maximum Gasteiger partial charge on any atom is 0.126 e. The molecule has 1 atom stereocenters. The van der Waals surface area contributed by atoms with Crippen LogP contribution in [0.5, 0.6) is 0 Å². The van der Waals surface area contributed by atoms with Crippen LogP contribution in [-0.4, -0.2) is 34.6 Å². The quantitative estimate of drug-likeness (QED) is 0.479. The van der Waals surface area contributed by atoms with Crippen molar-refractivity contribution < 1.29 is 0 Å². The Bertz CT molecular complexity index is 413. The van der Waals surface area contributed by atoms with Crippen molar-refractivity contribution in [1.29, 1.82) is 0 Å². The molecular weight excluding hydrogens is 262 g/mol. The third kappa shape index (κ3) is 3.73. The monoisotopic (exact) mass is 293 g/mol. The molecule has 0 aromatic carbocycles. The first kappa shape index (κ1) is 17.9. The van der Waals surface area contributed by atoms with Crippen molar-refractivity contribution in [3.63, 3.8) is 0 Å². The van der Waals surface area contributed by atoms with Gasteiger partial charge in [0.05, 0.1) is 0 Å². The molecule has 21 heavy (non-hydrogen) atoms. The molecule has 1 rings (SSSR count). The Kier molecular flexibility index (Phi) is 7.08. The number of nitrogens with one attached hydrogen (secondary N) is 1. The minimum Gasteiger partial charge on any atom is -0.383 e. The van der Waals surface area contributed by atoms with Crippen LogP contribution in [-0.2, 0) is 6.42 Å². The van der Waals surface area contributed by atoms with E-state index >= 15 is 0 Å². The summed E-state index contributed by atoms with van der Waals surface area (Å²) in [4.78, 5) is 6.68. The molecule has 120 valence electrons. The second kappa shape index (κ2) is 8.32. The van der Waals surface area contributed by atoms with Gasteiger partial charge in [-0.2, -0.15) is 0 Å². The minimum absolute atomic E-state index is 0.0283. The lowest BCUT2D eigenvalue weighted by atomic mass is 9.80. The molecule has 0 saturated carbocycles. The van der Waals surface area contributed by atoms with E-state index in [4.69, 9.17) is 11.6 Å². The van der Waals surface area contributed by atoms with E-state index in [9.17, 15) is 0 Å². The molecule has 1 aromatic heterocycles. The predicted octanol–water partition coefficient (Wildman–Crippen LogP) is 1.94. The highest BCUT2D eigenvalue weighted by Crippen LogP contribution is 2.30. The number of pyridine rings is 1. The number of hydrogen-bond acceptors (Lipinski definition) is 5. The molecule has 0 saturated heterocycles. The number of nitrogens with two attached hydrogens (primary N) is 2. The Morgan fingerprint density at radius 2 is 1.86 bits per heavy atom. The average Bonchev–Trinajstić information content (AvgIpc) is 2.52. The summed E-state index contributed by atoms with van der Waals surface area (Å²) in [5.74, 6) is 6.51. The van der Waals surface area contributed by atoms with E-state index in [0.717, 1.165) is 37.9 Å². The van der Waals surface area contributed by atoms with E-state index in [0.29, 0.717) is 5.82 Å². The number of hydrazine groups is 1. The standard InChI is InChI=1S/C16H31N5/c1-5-16(6-2,21(7-3)8-4)14(20-18)12-13-10-9-11-19-15(13)17/h9-11,14,20H,5-8,12,18H2,1-4H3,(H2,17,19). The second-order valence-electron chi connectivity index (χ2n) is 5.45. The Morgan fingerprint density at radius 1 is 1.24 bits per heavy atom. The SMILES string of the molecule is CCN(CC)C(CC)(CC)C(Cc1cccnc1N)NN. The highest BCUT2D eigenvalue weighted by atomic mass is 15.3. The van der Waals surface area contributed by atoms with Crippen LogP contribution < -0.4 is 17.0 Å². The zero-order valence-electron chi connectivity index (χ0n) is 13.9. The second-order valence-corrected chi connectivity index (χ2v) is 5.45. The van der Waals surface area contributed by atoms with Gasteiger partial charge in [-0.15, -0.1) is 0 Å². The van der Waals surface area contributed by atoms with Crippen molar-refractivity contribution in [3.8, 4) is 0 Å². The highest BCUT2D eigenvalue weighted by molar-refractivity contribution is 5.39. The molecule has 0 bridgehead atoms. The van der Waals surface area contributed by atoms with Crippen molar-refractivity contribution in [3.05, 3.63) is 23.9 Å². The summed E-state index contributed by atoms with van der Waals surface area (Å²) in [6.45, 7) is 10.9. The van der Waals surface area contributed by atoms with Crippen molar-refractivity contribution in [1.82, 2.24) is 15.3 Å². The molecular formula is C16H31N5. The van der Waals surface area contributed by atoms with E-state index in [1.807, 2.05) is 12.1 Å². The fraction of sp³-hybridized carbons (Fsp3) is 0.688. The van der Waals surface area contributed by atoms with Gasteiger partial charge in [0.1, 0.15) is 5.82 Å². The summed E-state index contributed by atoms with van der Waals surface area (Å²) >= 11 is 0. The maximum absolute atomic E-state index is 6.00. The molecule has 0 fully saturated rings. The van der Waals surface area contributed by atoms with Gasteiger partial charge in [0.2, 0.25) is 0 Å². The molecule has 5 N–H and O–H groups in total. The summed E-state index contributed by atoms with van der Waals surface area (Å²) in [6.07, 6.45) is 4.59. The predicted molar refractivity (Wildman–Crippen MR) is 89.7 cm³/mol. The first-order chi connectivity index (χ1) is 10.1. The number of anilines is 1. The molecule has 0 aliphatic rings. The number of nitrogen functional groups attached to an aromatic ring is 1. The zero-order chi connectivity index (χ0) is 15.9. The Hall–Kier alpha value is -1.17. The van der Waals surface area contributed by atoms with E-state index in [1.54, 1.807) is 6.20 Å². The third-order valence-electron chi connectivity index (χ3n) is 4.82. The van der Waals surface area contributed by atoms with Crippen LogP contribution in [0.25, 0.3) is 0 Å². The van der Waals surface area contributed by atoms with Crippen LogP contribution in [0.15, 0.2) is 18.3 Å². The summed E-state index contributed by atoms with van der Waals surface area (Å²) in [5, 5.41) is 0. The van der Waals surface area contributed by atoms with Crippen LogP contribution in [0.4, 0.5) is 5.82 Å². The average molecular weight is 293 g/mol. The van der Waals surface area contributed by atoms with Crippen molar-refractivity contribution in [2.75, 3.05) is 18.8 Å². The van der Waals surface area contributed by atoms with E-state index in [1.165, 1.54) is 0 Å². The van der Waals surface area contributed by atoms with Gasteiger partial charge in [-0.05, 0) is 44.0 Å². The summed E-state index contributed by atoms with van der Waals surface area (Å²) in [6, 6.07) is 4.10. The Labute approximate surface area is 129 Å². The van der Waals surface area contributed by atoms with E-state index in [-0.39, 0.29) is 11.6 Å². The van der Waals surface area contributed by atoms with Crippen LogP contribution in [0, 0.1) is 0 Å². The number of aromatic nitrogens is 1. The molecule has 0 spiro atoms. The fourth-order valence-electron chi connectivity index (χ4n) is 3.51. The Morgan fingerprint density at radius 3 is 2.29 bits per heavy atom. The number of rotatable bonds is 9. The van der Waals surface area contributed by atoms with Crippen molar-refractivity contribution in [2.45, 2.75) is 58.5 Å². The van der Waals surface area contributed by atoms with Crippen LogP contribution >= 0.6 is 0 Å². The molecule has 5 heteroatoms. The van der Waals surface area contributed by atoms with Crippen LogP contribution in [0.1, 0.15) is 46.1 Å². The number of nitrogens with zero attached hydrogens (tertiary/aromatic N) is 2. The van der Waals surface area contributed by atoms with Crippen LogP contribution in [0.3, 0.4) is 0 Å². The molecule has 0 aliphatic carbocycles. The normalized spacial score (nSPS) is 13.6. The molecule has 1 heterocycles. The summed E-state index contributed by atoms with van der Waals surface area (Å²) in [5.41, 5.74) is 10.1. The van der Waals surface area contributed by atoms with Gasteiger partial charge in [0.25, 0.3) is 0 Å². The summed E-state index contributed by atoms with van der Waals surface area (Å²) < 4.78 is 0. The maximum atomic E-state index is 6.00. The highest BCUT2D eigenvalue weighted by Gasteiger charge is 2.39. The van der Waals surface area contributed by atoms with Gasteiger partial charge in [-0.1, -0.05) is 33.8 Å². The molecule has 0 aliphatic heterocycles. The number of hydrogen-bond donors (Lipinski definition) is 3. The molecule has 5 nitrogen and oxygen atoms in total. The van der Waals surface area contributed by atoms with Gasteiger partial charge in [0.15, 0.2) is 0 Å². The van der Waals surface area contributed by atoms with E-state index < -0.39 is 0 Å². The lowest BCUT2D eigenvalue weighted by molar-refractivity contribution is 0.0493. The largest absolute Gasteiger partial charge is 0.383 e. The number of likely N-dealkylation sites (N-methyl/N-ethyl adjacent to an activating group) is 1. The minimum atomic E-state index is 0.0283. The first-order valence-corrected chi connectivity index (χ1v) is 8.00. The lowest BCUT2D eigenvalue weighted by Crippen LogP contribution is -2.63. The van der Waals surface area contributed by atoms with Crippen molar-refractivity contribution >= 4 is 5.82 Å². The van der Waals surface area contributed by atoms with Gasteiger partial charge in [-0.25, -0.2) is 4.98 Å². The first-order valence-electron chi connectivity index (χ1n) is 8.00. The van der Waals surface area contributed by atoms with E-state index in [2.05, 4.69) is 43.0 Å². The van der Waals surface area contributed by atoms with Gasteiger partial charge in [0, 0.05) is 17.8 Å². The topological polar surface area (TPSA) is 80.2 Å². The molecule has 1 aromatic rings. The van der Waals surface area contributed by atoms with Gasteiger partial charge in [-0.3, -0.25) is 16.2 Å².